The molecule has 12 nitrogen and oxygen atoms in total. The highest BCUT2D eigenvalue weighted by atomic mass is 19.4. The first-order chi connectivity index (χ1) is 25.0. The zero-order valence-corrected chi connectivity index (χ0v) is 28.4. The van der Waals surface area contributed by atoms with E-state index in [1.807, 2.05) is 57.4 Å². The molecule has 1 fully saturated rings. The second kappa shape index (κ2) is 16.7. The maximum Gasteiger partial charge on any atom is 0.405 e. The standard InChI is InChI=1S/C37H42F3N7O5/c38-37(39,40)23-42-36(51)31-21-45(18-27-19-47(24-43-27)28-8-2-1-3-9-28)13-14-46(31)20-29(48)16-26(15-25-7-6-12-41-17-25)35(50)44-34-30-10-4-5-11-33(30)52-22-32(34)49/h1-12,17,19,24,26,29,31-32,34,48-49H,13-16,18,20-23H2,(H,42,51)(H,44,50)/t26?,29-,31-,32+,34-/m0/s1. The number of nitrogens with zero attached hydrogens (tertiary/aromatic N) is 5. The van der Waals surface area contributed by atoms with E-state index >= 15 is 0 Å². The van der Waals surface area contributed by atoms with Crippen LogP contribution in [0.5, 0.6) is 5.75 Å². The summed E-state index contributed by atoms with van der Waals surface area (Å²) in [5.74, 6) is -1.41. The third kappa shape index (κ3) is 9.73. The number of benzene rings is 2. The highest BCUT2D eigenvalue weighted by Gasteiger charge is 2.38. The molecule has 276 valence electrons. The number of ether oxygens (including phenoxy) is 1. The summed E-state index contributed by atoms with van der Waals surface area (Å²) in [5.41, 5.74) is 3.05. The minimum Gasteiger partial charge on any atom is -0.490 e. The van der Waals surface area contributed by atoms with Crippen LogP contribution < -0.4 is 15.4 Å². The Labute approximate surface area is 299 Å². The van der Waals surface area contributed by atoms with E-state index in [0.29, 0.717) is 24.4 Å². The van der Waals surface area contributed by atoms with E-state index in [4.69, 9.17) is 4.74 Å². The molecule has 2 amide bonds. The number of carbonyl (C=O) groups excluding carboxylic acids is 2. The molecule has 15 heteroatoms. The Hall–Kier alpha value is -4.83. The molecule has 2 aliphatic rings. The largest absolute Gasteiger partial charge is 0.490 e. The van der Waals surface area contributed by atoms with Crippen LogP contribution in [0.2, 0.25) is 0 Å². The molecule has 0 saturated carbocycles. The second-order valence-corrected chi connectivity index (χ2v) is 13.2. The zero-order valence-electron chi connectivity index (χ0n) is 28.4. The summed E-state index contributed by atoms with van der Waals surface area (Å²) in [6.07, 6.45) is 0.305. The Morgan fingerprint density at radius 2 is 1.83 bits per heavy atom. The van der Waals surface area contributed by atoms with Crippen molar-refractivity contribution in [2.24, 2.45) is 5.92 Å². The van der Waals surface area contributed by atoms with Gasteiger partial charge in [0.05, 0.1) is 24.2 Å². The molecule has 2 aromatic heterocycles. The van der Waals surface area contributed by atoms with Gasteiger partial charge < -0.3 is 30.2 Å². The summed E-state index contributed by atoms with van der Waals surface area (Å²) in [6.45, 7) is -0.311. The van der Waals surface area contributed by atoms with Gasteiger partial charge in [0.25, 0.3) is 0 Å². The highest BCUT2D eigenvalue weighted by molar-refractivity contribution is 5.82. The van der Waals surface area contributed by atoms with Crippen molar-refractivity contribution in [3.8, 4) is 11.4 Å². The molecule has 1 saturated heterocycles. The average Bonchev–Trinajstić information content (AvgIpc) is 3.61. The smallest absolute Gasteiger partial charge is 0.405 e. The van der Waals surface area contributed by atoms with Gasteiger partial charge in [-0.15, -0.1) is 0 Å². The fourth-order valence-electron chi connectivity index (χ4n) is 6.76. The van der Waals surface area contributed by atoms with E-state index in [1.165, 1.54) is 0 Å². The van der Waals surface area contributed by atoms with Crippen molar-refractivity contribution in [3.05, 3.63) is 108 Å². The molecule has 52 heavy (non-hydrogen) atoms. The van der Waals surface area contributed by atoms with Gasteiger partial charge in [-0.1, -0.05) is 42.5 Å². The first-order valence-corrected chi connectivity index (χ1v) is 17.2. The molecule has 0 aliphatic carbocycles. The third-order valence-electron chi connectivity index (χ3n) is 9.34. The predicted octanol–water partition coefficient (Wildman–Crippen LogP) is 2.65. The van der Waals surface area contributed by atoms with E-state index in [1.54, 1.807) is 54.0 Å². The fraction of sp³-hybridized carbons (Fsp3) is 0.405. The van der Waals surface area contributed by atoms with Gasteiger partial charge in [0.2, 0.25) is 11.8 Å². The van der Waals surface area contributed by atoms with Gasteiger partial charge >= 0.3 is 6.18 Å². The summed E-state index contributed by atoms with van der Waals surface area (Å²) in [4.78, 5) is 39.4. The van der Waals surface area contributed by atoms with Crippen LogP contribution in [0, 0.1) is 5.92 Å². The van der Waals surface area contributed by atoms with Gasteiger partial charge in [-0.3, -0.25) is 24.4 Å². The van der Waals surface area contributed by atoms with Gasteiger partial charge in [-0.05, 0) is 42.7 Å². The van der Waals surface area contributed by atoms with Crippen molar-refractivity contribution in [2.75, 3.05) is 39.3 Å². The van der Waals surface area contributed by atoms with Crippen molar-refractivity contribution in [1.82, 2.24) is 35.0 Å². The molecule has 4 aromatic rings. The average molecular weight is 722 g/mol. The molecule has 0 bridgehead atoms. The number of pyridine rings is 1. The van der Waals surface area contributed by atoms with Crippen molar-refractivity contribution in [1.29, 1.82) is 0 Å². The SMILES string of the molecule is O=C(N[C@H]1c2ccccc2OC[C@H]1O)C(Cc1cccnc1)C[C@H](O)CN1CCN(Cc2cn(-c3ccccc3)cn2)C[C@H]1C(=O)NCC(F)(F)F. The number of amides is 2. The number of hydrogen-bond acceptors (Lipinski definition) is 9. The summed E-state index contributed by atoms with van der Waals surface area (Å²) in [7, 11) is 0. The number of para-hydroxylation sites is 2. The number of nitrogens with one attached hydrogen (secondary N) is 2. The maximum atomic E-state index is 13.9. The monoisotopic (exact) mass is 721 g/mol. The molecular weight excluding hydrogens is 679 g/mol. The molecule has 4 heterocycles. The van der Waals surface area contributed by atoms with Crippen LogP contribution in [-0.2, 0) is 22.6 Å². The maximum absolute atomic E-state index is 13.9. The minimum absolute atomic E-state index is 0.00343. The van der Waals surface area contributed by atoms with Crippen LogP contribution in [0.3, 0.4) is 0 Å². The van der Waals surface area contributed by atoms with Crippen LogP contribution in [-0.4, -0.2) is 110 Å². The molecule has 0 spiro atoms. The molecule has 4 N–H and O–H groups in total. The van der Waals surface area contributed by atoms with Gasteiger partial charge in [0.1, 0.15) is 31.0 Å². The fourth-order valence-corrected chi connectivity index (χ4v) is 6.76. The van der Waals surface area contributed by atoms with Gasteiger partial charge in [-0.25, -0.2) is 4.98 Å². The Balaban J connectivity index is 1.15. The highest BCUT2D eigenvalue weighted by Crippen LogP contribution is 2.32. The first kappa shape index (κ1) is 36.9. The lowest BCUT2D eigenvalue weighted by Gasteiger charge is -2.41. The number of aromatic nitrogens is 3. The van der Waals surface area contributed by atoms with E-state index < -0.39 is 54.7 Å². The van der Waals surface area contributed by atoms with Crippen LogP contribution >= 0.6 is 0 Å². The Bertz CT molecular complexity index is 1780. The lowest BCUT2D eigenvalue weighted by molar-refractivity contribution is -0.143. The molecule has 1 unspecified atom stereocenters. The van der Waals surface area contributed by atoms with Crippen molar-refractivity contribution < 1.29 is 37.7 Å². The second-order valence-electron chi connectivity index (χ2n) is 13.2. The number of β-amino-alcohol motifs (C(OH)–C–C–N with tert-alkyl or cyclic N) is 1. The van der Waals surface area contributed by atoms with Gasteiger partial charge in [0.15, 0.2) is 0 Å². The normalized spacial score (nSPS) is 20.7. The number of hydrogen-bond donors (Lipinski definition) is 4. The number of carbonyl (C=O) groups is 2. The number of alkyl halides is 3. The molecule has 2 aromatic carbocycles. The molecule has 5 atom stereocenters. The van der Waals surface area contributed by atoms with Gasteiger partial charge in [0, 0.05) is 68.5 Å². The number of aliphatic hydroxyl groups is 2. The van der Waals surface area contributed by atoms with Crippen LogP contribution in [0.1, 0.15) is 29.3 Å². The summed E-state index contributed by atoms with van der Waals surface area (Å²) >= 11 is 0. The summed E-state index contributed by atoms with van der Waals surface area (Å²) < 4.78 is 46.8. The summed E-state index contributed by atoms with van der Waals surface area (Å²) in [6, 6.07) is 18.6. The number of rotatable bonds is 13. The number of imidazole rings is 1. The molecule has 0 radical (unpaired) electrons. The molecule has 6 rings (SSSR count). The first-order valence-electron chi connectivity index (χ1n) is 17.2. The topological polar surface area (TPSA) is 145 Å². The van der Waals surface area contributed by atoms with Crippen LogP contribution in [0.4, 0.5) is 13.2 Å². The van der Waals surface area contributed by atoms with Crippen molar-refractivity contribution in [3.63, 3.8) is 0 Å². The Morgan fingerprint density at radius 3 is 2.60 bits per heavy atom. The number of aliphatic hydroxyl groups excluding tert-OH is 2. The lowest BCUT2D eigenvalue weighted by Crippen LogP contribution is -2.60. The van der Waals surface area contributed by atoms with Crippen molar-refractivity contribution in [2.45, 2.75) is 49.9 Å². The van der Waals surface area contributed by atoms with E-state index in [0.717, 1.165) is 16.9 Å². The lowest BCUT2D eigenvalue weighted by atomic mass is 9.91. The third-order valence-corrected chi connectivity index (χ3v) is 9.34. The van der Waals surface area contributed by atoms with Crippen molar-refractivity contribution >= 4 is 11.8 Å². The molecule has 2 aliphatic heterocycles. The number of piperazine rings is 1. The van der Waals surface area contributed by atoms with E-state index in [2.05, 4.69) is 15.3 Å². The number of halogens is 3. The summed E-state index contributed by atoms with van der Waals surface area (Å²) in [5, 5.41) is 27.2. The van der Waals surface area contributed by atoms with Crippen LogP contribution in [0.15, 0.2) is 91.6 Å². The Morgan fingerprint density at radius 1 is 1.04 bits per heavy atom. The zero-order chi connectivity index (χ0) is 36.7. The van der Waals surface area contributed by atoms with E-state index in [-0.39, 0.29) is 39.1 Å². The van der Waals surface area contributed by atoms with Crippen LogP contribution in [0.25, 0.3) is 5.69 Å². The van der Waals surface area contributed by atoms with Gasteiger partial charge in [-0.2, -0.15) is 13.2 Å². The Kier molecular flexibility index (Phi) is 11.8. The molecular formula is C37H42F3N7O5. The van der Waals surface area contributed by atoms with E-state index in [9.17, 15) is 33.0 Å². The minimum atomic E-state index is -4.59. The predicted molar refractivity (Wildman–Crippen MR) is 184 cm³/mol. The number of fused-ring (bicyclic) bond motifs is 1. The quantitative estimate of drug-likeness (QED) is 0.164.